The molecule has 5 aliphatic heterocycles. The van der Waals surface area contributed by atoms with Crippen LogP contribution in [-0.2, 0) is 20.4 Å². The molecule has 5 nitrogen and oxygen atoms in total. The first-order valence-corrected chi connectivity index (χ1v) is 17.2. The van der Waals surface area contributed by atoms with E-state index in [0.717, 1.165) is 51.6 Å². The van der Waals surface area contributed by atoms with Crippen LogP contribution in [0.15, 0.2) is 83.1 Å². The largest absolute Gasteiger partial charge is 0.481 e. The van der Waals surface area contributed by atoms with Crippen LogP contribution in [0.4, 0.5) is 11.4 Å². The van der Waals surface area contributed by atoms with Crippen molar-refractivity contribution in [2.45, 2.75) is 103 Å². The maximum atomic E-state index is 11.1. The number of carboxylic acid groups (broad SMARTS) is 1. The molecule has 0 saturated heterocycles. The third-order valence-corrected chi connectivity index (χ3v) is 11.9. The first-order chi connectivity index (χ1) is 21.5. The molecule has 0 radical (unpaired) electrons. The van der Waals surface area contributed by atoms with E-state index in [4.69, 9.17) is 9.84 Å². The van der Waals surface area contributed by atoms with Crippen LogP contribution in [0.5, 0.6) is 0 Å². The van der Waals surface area contributed by atoms with Crippen molar-refractivity contribution >= 4 is 23.1 Å². The topological polar surface area (TPSA) is 52.8 Å². The van der Waals surface area contributed by atoms with Gasteiger partial charge in [0.05, 0.1) is 16.9 Å². The summed E-state index contributed by atoms with van der Waals surface area (Å²) in [7, 11) is 0. The molecule has 2 aromatic rings. The molecule has 0 bridgehead atoms. The first kappa shape index (κ1) is 29.0. The summed E-state index contributed by atoms with van der Waals surface area (Å²) in [5.41, 5.74) is 12.5. The number of carboxylic acids is 1. The minimum atomic E-state index is -0.694. The van der Waals surface area contributed by atoms with Crippen molar-refractivity contribution in [3.05, 3.63) is 94.2 Å². The molecule has 0 amide bonds. The van der Waals surface area contributed by atoms with Crippen LogP contribution in [0.1, 0.15) is 90.7 Å². The first-order valence-electron chi connectivity index (χ1n) is 17.2. The summed E-state index contributed by atoms with van der Waals surface area (Å²) in [5.74, 6) is -0.204. The van der Waals surface area contributed by atoms with E-state index < -0.39 is 5.97 Å². The summed E-state index contributed by atoms with van der Waals surface area (Å²) < 4.78 is 9.82. The molecule has 234 valence electrons. The SMILES string of the molecule is CC1(C)C2=[N+](CC(C)(C)[C@@H]3O[C@@H]4C[C@@H]5CCN6C(=C5C=C4C=C23)C(C)(CCCCCC(=O)O)c2ccccc26)c2ccccc21. The predicted octanol–water partition coefficient (Wildman–Crippen LogP) is 8.21. The summed E-state index contributed by atoms with van der Waals surface area (Å²) in [6.07, 6.45) is 11.5. The van der Waals surface area contributed by atoms with Crippen molar-refractivity contribution in [2.24, 2.45) is 11.3 Å². The number of carbonyl (C=O) groups is 1. The Morgan fingerprint density at radius 2 is 1.73 bits per heavy atom. The number of hydrogen-bond acceptors (Lipinski definition) is 3. The second-order valence-corrected chi connectivity index (χ2v) is 15.8. The normalized spacial score (nSPS) is 29.9. The van der Waals surface area contributed by atoms with Crippen LogP contribution >= 0.6 is 0 Å². The smallest absolute Gasteiger partial charge is 0.303 e. The highest BCUT2D eigenvalue weighted by molar-refractivity contribution is 6.08. The Hall–Kier alpha value is -3.44. The van der Waals surface area contributed by atoms with Crippen molar-refractivity contribution in [1.29, 1.82) is 0 Å². The number of aliphatic carboxylic acids is 1. The maximum Gasteiger partial charge on any atom is 0.303 e. The number of para-hydroxylation sites is 2. The van der Waals surface area contributed by atoms with Gasteiger partial charge in [-0.1, -0.05) is 69.2 Å². The van der Waals surface area contributed by atoms with Gasteiger partial charge in [-0.3, -0.25) is 4.79 Å². The van der Waals surface area contributed by atoms with Gasteiger partial charge in [-0.2, -0.15) is 4.58 Å². The van der Waals surface area contributed by atoms with E-state index in [-0.39, 0.29) is 34.9 Å². The van der Waals surface area contributed by atoms with Crippen molar-refractivity contribution in [3.63, 3.8) is 0 Å². The number of anilines is 1. The highest BCUT2D eigenvalue weighted by Gasteiger charge is 2.58. The van der Waals surface area contributed by atoms with Gasteiger partial charge in [-0.25, -0.2) is 0 Å². The van der Waals surface area contributed by atoms with Crippen LogP contribution in [-0.4, -0.2) is 46.7 Å². The number of nitrogens with zero attached hydrogens (tertiary/aromatic N) is 2. The molecule has 6 aliphatic rings. The average molecular weight is 604 g/mol. The standard InChI is InChI=1S/C40H46N2O3/c1-38(2)24-42-31-15-10-8-13-29(31)39(3,4)35(42)28-22-26-21-27-25(23-33(26)45-37(28)38)18-20-41-32-16-11-9-14-30(32)40(5,36(27)41)19-12-6-7-17-34(43)44/h8-11,13-16,21-22,25,33,37H,6-7,12,17-20,23-24H2,1-5H3/p+1/t25-,33+,37+,40?/m0/s1. The van der Waals surface area contributed by atoms with Gasteiger partial charge in [0.1, 0.15) is 6.10 Å². The lowest BCUT2D eigenvalue weighted by Crippen LogP contribution is -2.53. The minimum Gasteiger partial charge on any atom is -0.481 e. The van der Waals surface area contributed by atoms with E-state index in [1.165, 1.54) is 50.6 Å². The zero-order valence-corrected chi connectivity index (χ0v) is 27.5. The van der Waals surface area contributed by atoms with Gasteiger partial charge in [0.2, 0.25) is 5.69 Å². The summed E-state index contributed by atoms with van der Waals surface area (Å²) in [6.45, 7) is 14.0. The number of ether oxygens (including phenoxy) is 1. The molecule has 5 heteroatoms. The van der Waals surface area contributed by atoms with E-state index in [9.17, 15) is 4.79 Å². The van der Waals surface area contributed by atoms with Gasteiger partial charge in [0.15, 0.2) is 12.3 Å². The number of hydrogen-bond donors (Lipinski definition) is 1. The maximum absolute atomic E-state index is 11.1. The number of benzene rings is 2. The summed E-state index contributed by atoms with van der Waals surface area (Å²) in [6, 6.07) is 18.0. The van der Waals surface area contributed by atoms with Crippen molar-refractivity contribution in [1.82, 2.24) is 0 Å². The van der Waals surface area contributed by atoms with E-state index in [0.29, 0.717) is 5.92 Å². The van der Waals surface area contributed by atoms with Gasteiger partial charge >= 0.3 is 5.97 Å². The Labute approximate surface area is 268 Å². The summed E-state index contributed by atoms with van der Waals surface area (Å²) >= 11 is 0. The van der Waals surface area contributed by atoms with Crippen LogP contribution in [0.2, 0.25) is 0 Å². The third-order valence-electron chi connectivity index (χ3n) is 11.9. The zero-order chi connectivity index (χ0) is 31.3. The molecule has 4 atom stereocenters. The fourth-order valence-corrected chi connectivity index (χ4v) is 9.90. The lowest BCUT2D eigenvalue weighted by Gasteiger charge is -2.47. The van der Waals surface area contributed by atoms with Crippen molar-refractivity contribution in [2.75, 3.05) is 18.0 Å². The van der Waals surface area contributed by atoms with Crippen molar-refractivity contribution < 1.29 is 19.2 Å². The molecule has 5 heterocycles. The highest BCUT2D eigenvalue weighted by atomic mass is 16.5. The van der Waals surface area contributed by atoms with Crippen LogP contribution < -0.4 is 4.90 Å². The van der Waals surface area contributed by atoms with Crippen LogP contribution in [0, 0.1) is 11.3 Å². The molecule has 2 aromatic carbocycles. The van der Waals surface area contributed by atoms with Gasteiger partial charge in [-0.15, -0.1) is 0 Å². The fourth-order valence-electron chi connectivity index (χ4n) is 9.90. The molecule has 0 fully saturated rings. The molecule has 45 heavy (non-hydrogen) atoms. The predicted molar refractivity (Wildman–Crippen MR) is 179 cm³/mol. The van der Waals surface area contributed by atoms with E-state index in [2.05, 4.69) is 105 Å². The minimum absolute atomic E-state index is 0.0111. The van der Waals surface area contributed by atoms with Crippen molar-refractivity contribution in [3.8, 4) is 0 Å². The monoisotopic (exact) mass is 603 g/mol. The van der Waals surface area contributed by atoms with E-state index >= 15 is 0 Å². The lowest BCUT2D eigenvalue weighted by atomic mass is 9.67. The molecule has 1 unspecified atom stereocenters. The Morgan fingerprint density at radius 3 is 2.53 bits per heavy atom. The molecular weight excluding hydrogens is 556 g/mol. The molecule has 0 aromatic heterocycles. The molecular formula is C40H47N2O3+. The van der Waals surface area contributed by atoms with Gasteiger partial charge in [-0.05, 0) is 81.2 Å². The van der Waals surface area contributed by atoms with Gasteiger partial charge < -0.3 is 14.7 Å². The van der Waals surface area contributed by atoms with Gasteiger partial charge in [0.25, 0.3) is 0 Å². The molecule has 1 N–H and O–H groups in total. The summed E-state index contributed by atoms with van der Waals surface area (Å²) in [4.78, 5) is 13.8. The quantitative estimate of drug-likeness (QED) is 0.267. The zero-order valence-electron chi connectivity index (χ0n) is 27.5. The number of unbranched alkanes of at least 4 members (excludes halogenated alkanes) is 2. The fraction of sp³-hybridized carbons (Fsp3) is 0.500. The summed E-state index contributed by atoms with van der Waals surface area (Å²) in [5, 5.41) is 9.17. The molecule has 1 aliphatic carbocycles. The Kier molecular flexibility index (Phi) is 6.46. The van der Waals surface area contributed by atoms with Crippen LogP contribution in [0.25, 0.3) is 0 Å². The van der Waals surface area contributed by atoms with Gasteiger partial charge in [0, 0.05) is 47.0 Å². The number of fused-ring (bicyclic) bond motifs is 9. The van der Waals surface area contributed by atoms with E-state index in [1.807, 2.05) is 0 Å². The number of allylic oxidation sites excluding steroid dienone is 3. The Bertz CT molecular complexity index is 1740. The second kappa shape index (κ2) is 10.0. The molecule has 0 saturated carbocycles. The Balaban J connectivity index is 1.24. The second-order valence-electron chi connectivity index (χ2n) is 15.8. The van der Waals surface area contributed by atoms with Crippen LogP contribution in [0.3, 0.4) is 0 Å². The lowest BCUT2D eigenvalue weighted by molar-refractivity contribution is -0.466. The molecule has 0 spiro atoms. The number of rotatable bonds is 6. The Morgan fingerprint density at radius 1 is 0.978 bits per heavy atom. The highest BCUT2D eigenvalue weighted by Crippen LogP contribution is 2.57. The molecule has 8 rings (SSSR count). The third kappa shape index (κ3) is 4.22. The average Bonchev–Trinajstić information content (AvgIpc) is 3.39. The van der Waals surface area contributed by atoms with E-state index in [1.54, 1.807) is 0 Å².